The molecule has 0 aliphatic rings. The fourth-order valence-corrected chi connectivity index (χ4v) is 1.60. The fraction of sp³-hybridized carbons (Fsp3) is 0.154. The van der Waals surface area contributed by atoms with Crippen LogP contribution in [0.25, 0.3) is 0 Å². The fourth-order valence-electron chi connectivity index (χ4n) is 1.47. The van der Waals surface area contributed by atoms with Gasteiger partial charge in [-0.1, -0.05) is 0 Å². The van der Waals surface area contributed by atoms with Crippen LogP contribution in [0.4, 0.5) is 11.6 Å². The molecule has 1 aromatic carbocycles. The van der Waals surface area contributed by atoms with E-state index in [-0.39, 0.29) is 0 Å². The molecule has 0 saturated carbocycles. The molecular formula is C13H11ClN4. The van der Waals surface area contributed by atoms with Gasteiger partial charge in [-0.25, -0.2) is 9.97 Å². The smallest absolute Gasteiger partial charge is 0.229 e. The number of aromatic nitrogens is 2. The van der Waals surface area contributed by atoms with Crippen LogP contribution < -0.4 is 4.90 Å². The van der Waals surface area contributed by atoms with Crippen molar-refractivity contribution in [1.82, 2.24) is 9.97 Å². The minimum absolute atomic E-state index is 0.404. The van der Waals surface area contributed by atoms with Crippen molar-refractivity contribution in [2.24, 2.45) is 0 Å². The lowest BCUT2D eigenvalue weighted by atomic mass is 10.2. The molecule has 5 heteroatoms. The standard InChI is InChI=1S/C13H11ClN4/c1-18(12-4-2-10(7-15)3-5-12)13-16-8-11(6-14)9-17-13/h2-5,8-9H,6H2,1H3. The summed E-state index contributed by atoms with van der Waals surface area (Å²) in [6, 6.07) is 9.33. The van der Waals surface area contributed by atoms with Crippen molar-refractivity contribution in [3.05, 3.63) is 47.8 Å². The number of anilines is 2. The number of nitriles is 1. The summed E-state index contributed by atoms with van der Waals surface area (Å²) in [5.74, 6) is 0.995. The van der Waals surface area contributed by atoms with E-state index in [0.717, 1.165) is 11.3 Å². The van der Waals surface area contributed by atoms with Crippen molar-refractivity contribution >= 4 is 23.2 Å². The van der Waals surface area contributed by atoms with Crippen LogP contribution in [0.1, 0.15) is 11.1 Å². The van der Waals surface area contributed by atoms with E-state index in [1.165, 1.54) is 0 Å². The van der Waals surface area contributed by atoms with Crippen LogP contribution in [-0.2, 0) is 5.88 Å². The molecule has 0 spiro atoms. The molecule has 0 atom stereocenters. The Morgan fingerprint density at radius 2 is 1.83 bits per heavy atom. The lowest BCUT2D eigenvalue weighted by Crippen LogP contribution is -2.12. The molecule has 0 saturated heterocycles. The molecular weight excluding hydrogens is 248 g/mol. The predicted octanol–water partition coefficient (Wildman–Crippen LogP) is 2.85. The van der Waals surface area contributed by atoms with E-state index in [2.05, 4.69) is 16.0 Å². The first-order chi connectivity index (χ1) is 8.74. The van der Waals surface area contributed by atoms with Gasteiger partial charge in [0.25, 0.3) is 0 Å². The minimum atomic E-state index is 0.404. The molecule has 2 aromatic rings. The second kappa shape index (κ2) is 5.48. The molecule has 0 bridgehead atoms. The summed E-state index contributed by atoms with van der Waals surface area (Å²) >= 11 is 5.68. The molecule has 0 aliphatic heterocycles. The van der Waals surface area contributed by atoms with Gasteiger partial charge >= 0.3 is 0 Å². The van der Waals surface area contributed by atoms with Crippen LogP contribution in [-0.4, -0.2) is 17.0 Å². The highest BCUT2D eigenvalue weighted by molar-refractivity contribution is 6.17. The van der Waals surface area contributed by atoms with E-state index >= 15 is 0 Å². The Hall–Kier alpha value is -2.12. The van der Waals surface area contributed by atoms with E-state index in [1.807, 2.05) is 24.1 Å². The largest absolute Gasteiger partial charge is 0.314 e. The van der Waals surface area contributed by atoms with Crippen LogP contribution in [0.2, 0.25) is 0 Å². The monoisotopic (exact) mass is 258 g/mol. The Morgan fingerprint density at radius 1 is 1.22 bits per heavy atom. The van der Waals surface area contributed by atoms with Crippen molar-refractivity contribution in [1.29, 1.82) is 5.26 Å². The van der Waals surface area contributed by atoms with Crippen LogP contribution in [0.5, 0.6) is 0 Å². The second-order valence-corrected chi connectivity index (χ2v) is 4.01. The van der Waals surface area contributed by atoms with Gasteiger partial charge in [0.15, 0.2) is 0 Å². The SMILES string of the molecule is CN(c1ccc(C#N)cc1)c1ncc(CCl)cn1. The van der Waals surface area contributed by atoms with E-state index in [1.54, 1.807) is 24.5 Å². The third-order valence-corrected chi connectivity index (χ3v) is 2.84. The lowest BCUT2D eigenvalue weighted by Gasteiger charge is -2.16. The summed E-state index contributed by atoms with van der Waals surface area (Å²) in [6.07, 6.45) is 3.41. The van der Waals surface area contributed by atoms with Crippen LogP contribution in [0.15, 0.2) is 36.7 Å². The van der Waals surface area contributed by atoms with Crippen molar-refractivity contribution in [2.45, 2.75) is 5.88 Å². The molecule has 90 valence electrons. The van der Waals surface area contributed by atoms with Gasteiger partial charge in [0.2, 0.25) is 5.95 Å². The van der Waals surface area contributed by atoms with E-state index in [9.17, 15) is 0 Å². The van der Waals surface area contributed by atoms with Gasteiger partial charge in [-0.05, 0) is 24.3 Å². The van der Waals surface area contributed by atoms with Crippen molar-refractivity contribution in [2.75, 3.05) is 11.9 Å². The summed E-state index contributed by atoms with van der Waals surface area (Å²) < 4.78 is 0. The summed E-state index contributed by atoms with van der Waals surface area (Å²) in [6.45, 7) is 0. The molecule has 4 nitrogen and oxygen atoms in total. The summed E-state index contributed by atoms with van der Waals surface area (Å²) in [5, 5.41) is 8.74. The Labute approximate surface area is 110 Å². The van der Waals surface area contributed by atoms with Crippen molar-refractivity contribution in [3.8, 4) is 6.07 Å². The number of hydrogen-bond acceptors (Lipinski definition) is 4. The predicted molar refractivity (Wildman–Crippen MR) is 70.8 cm³/mol. The zero-order chi connectivity index (χ0) is 13.0. The van der Waals surface area contributed by atoms with Crippen LogP contribution in [0.3, 0.4) is 0 Å². The first-order valence-corrected chi connectivity index (χ1v) is 5.89. The normalized spacial score (nSPS) is 9.83. The first kappa shape index (κ1) is 12.3. The highest BCUT2D eigenvalue weighted by atomic mass is 35.5. The lowest BCUT2D eigenvalue weighted by molar-refractivity contribution is 1.02. The topological polar surface area (TPSA) is 52.8 Å². The maximum absolute atomic E-state index is 8.74. The summed E-state index contributed by atoms with van der Waals surface area (Å²) in [4.78, 5) is 10.3. The average Bonchev–Trinajstić information content (AvgIpc) is 2.47. The van der Waals surface area contributed by atoms with Gasteiger partial charge in [0, 0.05) is 30.7 Å². The third-order valence-electron chi connectivity index (χ3n) is 2.53. The second-order valence-electron chi connectivity index (χ2n) is 3.74. The number of benzene rings is 1. The molecule has 0 N–H and O–H groups in total. The van der Waals surface area contributed by atoms with Gasteiger partial charge < -0.3 is 4.90 Å². The van der Waals surface area contributed by atoms with E-state index in [4.69, 9.17) is 16.9 Å². The molecule has 0 amide bonds. The summed E-state index contributed by atoms with van der Waals surface area (Å²) in [7, 11) is 1.87. The number of halogens is 1. The molecule has 0 fully saturated rings. The zero-order valence-corrected chi connectivity index (χ0v) is 10.6. The Balaban J connectivity index is 2.23. The first-order valence-electron chi connectivity index (χ1n) is 5.35. The Morgan fingerprint density at radius 3 is 2.33 bits per heavy atom. The number of nitrogens with zero attached hydrogens (tertiary/aromatic N) is 4. The van der Waals surface area contributed by atoms with Gasteiger partial charge in [-0.2, -0.15) is 5.26 Å². The molecule has 2 rings (SSSR count). The number of alkyl halides is 1. The average molecular weight is 259 g/mol. The Bertz CT molecular complexity index is 557. The van der Waals surface area contributed by atoms with Gasteiger partial charge in [0.05, 0.1) is 17.5 Å². The van der Waals surface area contributed by atoms with Crippen molar-refractivity contribution < 1.29 is 0 Å². The maximum atomic E-state index is 8.74. The van der Waals surface area contributed by atoms with Gasteiger partial charge in [0.1, 0.15) is 0 Å². The van der Waals surface area contributed by atoms with Crippen LogP contribution in [0, 0.1) is 11.3 Å². The number of hydrogen-bond donors (Lipinski definition) is 0. The van der Waals surface area contributed by atoms with E-state index < -0.39 is 0 Å². The molecule has 18 heavy (non-hydrogen) atoms. The Kier molecular flexibility index (Phi) is 3.75. The highest BCUT2D eigenvalue weighted by Crippen LogP contribution is 2.20. The van der Waals surface area contributed by atoms with Crippen molar-refractivity contribution in [3.63, 3.8) is 0 Å². The van der Waals surface area contributed by atoms with Gasteiger partial charge in [-0.15, -0.1) is 11.6 Å². The number of rotatable bonds is 3. The molecule has 1 aromatic heterocycles. The third kappa shape index (κ3) is 2.58. The molecule has 0 aliphatic carbocycles. The molecule has 0 radical (unpaired) electrons. The minimum Gasteiger partial charge on any atom is -0.314 e. The summed E-state index contributed by atoms with van der Waals surface area (Å²) in [5.41, 5.74) is 2.44. The molecule has 1 heterocycles. The van der Waals surface area contributed by atoms with E-state index in [0.29, 0.717) is 17.4 Å². The molecule has 0 unspecified atom stereocenters. The quantitative estimate of drug-likeness (QED) is 0.795. The van der Waals surface area contributed by atoms with Gasteiger partial charge in [-0.3, -0.25) is 0 Å². The highest BCUT2D eigenvalue weighted by Gasteiger charge is 2.06. The van der Waals surface area contributed by atoms with Crippen LogP contribution >= 0.6 is 11.6 Å². The zero-order valence-electron chi connectivity index (χ0n) is 9.84. The maximum Gasteiger partial charge on any atom is 0.229 e.